The minimum atomic E-state index is 0.0567. The highest BCUT2D eigenvalue weighted by molar-refractivity contribution is 5.95. The predicted molar refractivity (Wildman–Crippen MR) is 83.3 cm³/mol. The number of benzene rings is 1. The van der Waals surface area contributed by atoms with Crippen LogP contribution in [0.15, 0.2) is 24.3 Å². The summed E-state index contributed by atoms with van der Waals surface area (Å²) in [5.74, 6) is 0.0567. The normalized spacial score (nSPS) is 16.5. The van der Waals surface area contributed by atoms with Crippen LogP contribution in [0.5, 0.6) is 0 Å². The molecule has 2 N–H and O–H groups in total. The summed E-state index contributed by atoms with van der Waals surface area (Å²) in [5, 5.41) is 6.36. The maximum atomic E-state index is 12.2. The van der Waals surface area contributed by atoms with Crippen molar-refractivity contribution in [3.8, 4) is 0 Å². The fourth-order valence-electron chi connectivity index (χ4n) is 2.42. The zero-order valence-electron chi connectivity index (χ0n) is 12.4. The van der Waals surface area contributed by atoms with Gasteiger partial charge in [0.05, 0.1) is 17.9 Å². The first-order valence-electron chi connectivity index (χ1n) is 7.16. The number of para-hydroxylation sites is 2. The van der Waals surface area contributed by atoms with Gasteiger partial charge in [0.1, 0.15) is 0 Å². The largest absolute Gasteiger partial charge is 0.376 e. The number of nitrogens with zero attached hydrogens (tertiary/aromatic N) is 2. The SMILES string of the molecule is CN(C)c1ccccc1NC(=O)CN1CCCNCC1. The van der Waals surface area contributed by atoms with Crippen molar-refractivity contribution in [3.05, 3.63) is 24.3 Å². The van der Waals surface area contributed by atoms with Crippen molar-refractivity contribution in [1.29, 1.82) is 0 Å². The molecule has 1 heterocycles. The number of carbonyl (C=O) groups excluding carboxylic acids is 1. The van der Waals surface area contributed by atoms with Crippen molar-refractivity contribution in [2.24, 2.45) is 0 Å². The average molecular weight is 276 g/mol. The molecule has 0 aromatic heterocycles. The molecule has 1 fully saturated rings. The van der Waals surface area contributed by atoms with Crippen molar-refractivity contribution in [2.45, 2.75) is 6.42 Å². The van der Waals surface area contributed by atoms with E-state index in [1.165, 1.54) is 0 Å². The van der Waals surface area contributed by atoms with E-state index in [0.717, 1.165) is 44.0 Å². The van der Waals surface area contributed by atoms with E-state index in [2.05, 4.69) is 15.5 Å². The molecule has 1 amide bonds. The summed E-state index contributed by atoms with van der Waals surface area (Å²) in [6.45, 7) is 4.38. The lowest BCUT2D eigenvalue weighted by Crippen LogP contribution is -2.35. The highest BCUT2D eigenvalue weighted by Crippen LogP contribution is 2.23. The summed E-state index contributed by atoms with van der Waals surface area (Å²) in [5.41, 5.74) is 1.90. The zero-order valence-corrected chi connectivity index (χ0v) is 12.4. The van der Waals surface area contributed by atoms with Gasteiger partial charge in [-0.3, -0.25) is 9.69 Å². The lowest BCUT2D eigenvalue weighted by molar-refractivity contribution is -0.117. The Morgan fingerprint density at radius 1 is 1.30 bits per heavy atom. The van der Waals surface area contributed by atoms with Crippen LogP contribution in [0, 0.1) is 0 Å². The molecule has 0 aliphatic carbocycles. The maximum Gasteiger partial charge on any atom is 0.238 e. The molecule has 5 nitrogen and oxygen atoms in total. The molecule has 1 saturated heterocycles. The molecule has 0 bridgehead atoms. The Bertz CT molecular complexity index is 439. The van der Waals surface area contributed by atoms with Crippen LogP contribution in [0.1, 0.15) is 6.42 Å². The van der Waals surface area contributed by atoms with Crippen molar-refractivity contribution in [2.75, 3.05) is 57.0 Å². The van der Waals surface area contributed by atoms with Crippen molar-refractivity contribution in [3.63, 3.8) is 0 Å². The molecule has 5 heteroatoms. The number of carbonyl (C=O) groups is 1. The van der Waals surface area contributed by atoms with E-state index in [9.17, 15) is 4.79 Å². The Kier molecular flexibility index (Phi) is 5.38. The van der Waals surface area contributed by atoms with Gasteiger partial charge in [0.15, 0.2) is 0 Å². The van der Waals surface area contributed by atoms with Crippen LogP contribution in [0.25, 0.3) is 0 Å². The molecule has 0 spiro atoms. The third-order valence-electron chi connectivity index (χ3n) is 3.46. The standard InChI is InChI=1S/C15H24N4O/c1-18(2)14-7-4-3-6-13(14)17-15(20)12-19-10-5-8-16-9-11-19/h3-4,6-7,16H,5,8-12H2,1-2H3,(H,17,20). The predicted octanol–water partition coefficient (Wildman–Crippen LogP) is 0.986. The summed E-state index contributed by atoms with van der Waals surface area (Å²) in [4.78, 5) is 16.4. The Hall–Kier alpha value is -1.59. The molecule has 20 heavy (non-hydrogen) atoms. The number of hydrogen-bond donors (Lipinski definition) is 2. The van der Waals surface area contributed by atoms with Gasteiger partial charge in [-0.15, -0.1) is 0 Å². The number of anilines is 2. The van der Waals surface area contributed by atoms with Crippen LogP contribution in [-0.2, 0) is 4.79 Å². The van der Waals surface area contributed by atoms with E-state index in [-0.39, 0.29) is 5.91 Å². The smallest absolute Gasteiger partial charge is 0.238 e. The van der Waals surface area contributed by atoms with Gasteiger partial charge < -0.3 is 15.5 Å². The second-order valence-electron chi connectivity index (χ2n) is 5.34. The third-order valence-corrected chi connectivity index (χ3v) is 3.46. The Balaban J connectivity index is 1.94. The van der Waals surface area contributed by atoms with Gasteiger partial charge in [-0.25, -0.2) is 0 Å². The Morgan fingerprint density at radius 3 is 2.90 bits per heavy atom. The molecule has 1 aromatic carbocycles. The molecule has 2 rings (SSSR count). The monoisotopic (exact) mass is 276 g/mol. The minimum absolute atomic E-state index is 0.0567. The van der Waals surface area contributed by atoms with E-state index < -0.39 is 0 Å². The third kappa shape index (κ3) is 4.21. The second-order valence-corrected chi connectivity index (χ2v) is 5.34. The van der Waals surface area contributed by atoms with Gasteiger partial charge in [0, 0.05) is 27.2 Å². The number of rotatable bonds is 4. The van der Waals surface area contributed by atoms with Crippen LogP contribution in [0.4, 0.5) is 11.4 Å². The van der Waals surface area contributed by atoms with E-state index in [1.54, 1.807) is 0 Å². The lowest BCUT2D eigenvalue weighted by atomic mass is 10.2. The molecule has 0 unspecified atom stereocenters. The number of amides is 1. The fourth-order valence-corrected chi connectivity index (χ4v) is 2.42. The Morgan fingerprint density at radius 2 is 2.10 bits per heavy atom. The highest BCUT2D eigenvalue weighted by Gasteiger charge is 2.14. The van der Waals surface area contributed by atoms with Gasteiger partial charge in [0.2, 0.25) is 5.91 Å². The zero-order chi connectivity index (χ0) is 14.4. The van der Waals surface area contributed by atoms with Gasteiger partial charge >= 0.3 is 0 Å². The quantitative estimate of drug-likeness (QED) is 0.861. The van der Waals surface area contributed by atoms with Crippen molar-refractivity contribution in [1.82, 2.24) is 10.2 Å². The van der Waals surface area contributed by atoms with E-state index in [1.807, 2.05) is 43.3 Å². The molecule has 0 radical (unpaired) electrons. The maximum absolute atomic E-state index is 12.2. The minimum Gasteiger partial charge on any atom is -0.376 e. The van der Waals surface area contributed by atoms with Crippen LogP contribution in [0.3, 0.4) is 0 Å². The van der Waals surface area contributed by atoms with Gasteiger partial charge in [-0.05, 0) is 31.6 Å². The molecular formula is C15H24N4O. The van der Waals surface area contributed by atoms with Crippen LogP contribution in [-0.4, -0.2) is 57.6 Å². The first kappa shape index (κ1) is 14.8. The lowest BCUT2D eigenvalue weighted by Gasteiger charge is -2.21. The molecule has 0 atom stereocenters. The summed E-state index contributed by atoms with van der Waals surface area (Å²) >= 11 is 0. The number of hydrogen-bond acceptors (Lipinski definition) is 4. The van der Waals surface area contributed by atoms with Gasteiger partial charge in [-0.2, -0.15) is 0 Å². The fraction of sp³-hybridized carbons (Fsp3) is 0.533. The van der Waals surface area contributed by atoms with Gasteiger partial charge in [-0.1, -0.05) is 12.1 Å². The first-order valence-corrected chi connectivity index (χ1v) is 7.16. The molecule has 1 aliphatic heterocycles. The van der Waals surface area contributed by atoms with Gasteiger partial charge in [0.25, 0.3) is 0 Å². The molecule has 1 aliphatic rings. The van der Waals surface area contributed by atoms with Crippen LogP contribution < -0.4 is 15.5 Å². The summed E-state index contributed by atoms with van der Waals surface area (Å²) in [6.07, 6.45) is 1.10. The molecule has 1 aromatic rings. The van der Waals surface area contributed by atoms with Crippen LogP contribution in [0.2, 0.25) is 0 Å². The topological polar surface area (TPSA) is 47.6 Å². The first-order chi connectivity index (χ1) is 9.66. The summed E-state index contributed by atoms with van der Waals surface area (Å²) in [6, 6.07) is 7.87. The number of nitrogens with one attached hydrogen (secondary N) is 2. The van der Waals surface area contributed by atoms with E-state index in [0.29, 0.717) is 6.54 Å². The van der Waals surface area contributed by atoms with Crippen molar-refractivity contribution >= 4 is 17.3 Å². The van der Waals surface area contributed by atoms with E-state index >= 15 is 0 Å². The van der Waals surface area contributed by atoms with E-state index in [4.69, 9.17) is 0 Å². The van der Waals surface area contributed by atoms with Crippen LogP contribution >= 0.6 is 0 Å². The average Bonchev–Trinajstić information content (AvgIpc) is 2.67. The Labute approximate surface area is 120 Å². The summed E-state index contributed by atoms with van der Waals surface area (Å²) < 4.78 is 0. The molecule has 110 valence electrons. The molecular weight excluding hydrogens is 252 g/mol. The van der Waals surface area contributed by atoms with Crippen molar-refractivity contribution < 1.29 is 4.79 Å². The second kappa shape index (κ2) is 7.26. The summed E-state index contributed by atoms with van der Waals surface area (Å²) in [7, 11) is 3.96. The highest BCUT2D eigenvalue weighted by atomic mass is 16.2. The molecule has 0 saturated carbocycles.